The predicted octanol–water partition coefficient (Wildman–Crippen LogP) is 4.63. The van der Waals surface area contributed by atoms with E-state index in [-0.39, 0.29) is 24.1 Å². The fourth-order valence-corrected chi connectivity index (χ4v) is 4.51. The summed E-state index contributed by atoms with van der Waals surface area (Å²) in [6, 6.07) is 24.0. The number of methoxy groups -OCH3 is 1. The van der Waals surface area contributed by atoms with E-state index >= 15 is 0 Å². The number of carbonyl (C=O) groups is 1. The van der Waals surface area contributed by atoms with Crippen LogP contribution < -0.4 is 15.0 Å². The highest BCUT2D eigenvalue weighted by Gasteiger charge is 2.23. The Kier molecular flexibility index (Phi) is 8.25. The Hall–Kier alpha value is -4.10. The molecule has 0 saturated heterocycles. The summed E-state index contributed by atoms with van der Waals surface area (Å²) in [6.07, 6.45) is -0.324. The minimum Gasteiger partial charge on any atom is -0.497 e. The number of ether oxygens (including phenoxy) is 2. The van der Waals surface area contributed by atoms with Crippen molar-refractivity contribution < 1.29 is 19.4 Å². The van der Waals surface area contributed by atoms with Crippen molar-refractivity contribution in [1.82, 2.24) is 9.88 Å². The van der Waals surface area contributed by atoms with Crippen LogP contribution in [0.25, 0.3) is 10.9 Å². The molecule has 0 radical (unpaired) electrons. The molecule has 0 aliphatic heterocycles. The number of amides is 1. The van der Waals surface area contributed by atoms with E-state index in [4.69, 9.17) is 9.47 Å². The Morgan fingerprint density at radius 2 is 1.70 bits per heavy atom. The van der Waals surface area contributed by atoms with E-state index < -0.39 is 6.10 Å². The first-order valence-electron chi connectivity index (χ1n) is 12.3. The van der Waals surface area contributed by atoms with Crippen molar-refractivity contribution in [3.8, 4) is 11.5 Å². The first-order chi connectivity index (χ1) is 17.9. The van der Waals surface area contributed by atoms with Crippen LogP contribution >= 0.6 is 0 Å². The molecule has 4 rings (SSSR count). The number of aliphatic hydroxyl groups excluding tert-OH is 1. The van der Waals surface area contributed by atoms with Gasteiger partial charge in [-0.1, -0.05) is 48.5 Å². The molecular weight excluding hydrogens is 468 g/mol. The van der Waals surface area contributed by atoms with Crippen molar-refractivity contribution in [2.24, 2.45) is 0 Å². The number of aromatic nitrogens is 1. The van der Waals surface area contributed by atoms with Gasteiger partial charge in [0.25, 0.3) is 0 Å². The number of benzene rings is 3. The number of pyridine rings is 1. The van der Waals surface area contributed by atoms with E-state index in [1.54, 1.807) is 30.2 Å². The van der Waals surface area contributed by atoms with Gasteiger partial charge in [-0.3, -0.25) is 9.59 Å². The van der Waals surface area contributed by atoms with Gasteiger partial charge in [0.15, 0.2) is 0 Å². The number of fused-ring (bicyclic) bond motifs is 1. The molecule has 0 aliphatic carbocycles. The van der Waals surface area contributed by atoms with Crippen LogP contribution in [0.4, 0.5) is 0 Å². The van der Waals surface area contributed by atoms with Gasteiger partial charge < -0.3 is 24.5 Å². The van der Waals surface area contributed by atoms with Crippen LogP contribution in [0.5, 0.6) is 11.5 Å². The number of hydrogen-bond donors (Lipinski definition) is 2. The van der Waals surface area contributed by atoms with Gasteiger partial charge in [-0.05, 0) is 54.3 Å². The lowest BCUT2D eigenvalue weighted by atomic mass is 10.0. The summed E-state index contributed by atoms with van der Waals surface area (Å²) in [6.45, 7) is 3.93. The van der Waals surface area contributed by atoms with Crippen molar-refractivity contribution >= 4 is 16.8 Å². The number of aromatic amines is 1. The van der Waals surface area contributed by atoms with Gasteiger partial charge in [-0.2, -0.15) is 0 Å². The fourth-order valence-electron chi connectivity index (χ4n) is 4.51. The Labute approximate surface area is 216 Å². The monoisotopic (exact) mass is 500 g/mol. The maximum Gasteiger partial charge on any atom is 0.248 e. The van der Waals surface area contributed by atoms with Crippen LogP contribution in [-0.2, 0) is 17.8 Å². The molecule has 0 aliphatic rings. The van der Waals surface area contributed by atoms with E-state index in [0.717, 1.165) is 16.9 Å². The van der Waals surface area contributed by atoms with Crippen LogP contribution in [0.1, 0.15) is 36.6 Å². The Morgan fingerprint density at radius 1 is 0.973 bits per heavy atom. The predicted molar refractivity (Wildman–Crippen MR) is 144 cm³/mol. The average molecular weight is 501 g/mol. The first-order valence-corrected chi connectivity index (χ1v) is 12.3. The van der Waals surface area contributed by atoms with Crippen molar-refractivity contribution in [2.75, 3.05) is 13.7 Å². The van der Waals surface area contributed by atoms with Gasteiger partial charge in [0.05, 0.1) is 25.3 Å². The maximum atomic E-state index is 12.6. The minimum absolute atomic E-state index is 0.116. The molecule has 37 heavy (non-hydrogen) atoms. The molecule has 7 heteroatoms. The zero-order valence-electron chi connectivity index (χ0n) is 21.3. The molecule has 1 amide bonds. The summed E-state index contributed by atoms with van der Waals surface area (Å²) >= 11 is 0. The highest BCUT2D eigenvalue weighted by Crippen LogP contribution is 2.31. The lowest BCUT2D eigenvalue weighted by molar-refractivity contribution is -0.132. The molecule has 192 valence electrons. The molecule has 0 saturated carbocycles. The van der Waals surface area contributed by atoms with E-state index in [1.165, 1.54) is 13.0 Å². The van der Waals surface area contributed by atoms with Crippen molar-refractivity contribution in [3.05, 3.63) is 106 Å². The van der Waals surface area contributed by atoms with Gasteiger partial charge in [0, 0.05) is 24.4 Å². The smallest absolute Gasteiger partial charge is 0.248 e. The van der Waals surface area contributed by atoms with Gasteiger partial charge >= 0.3 is 0 Å². The normalized spacial score (nSPS) is 12.6. The molecule has 4 aromatic rings. The number of nitrogens with zero attached hydrogens (tertiary/aromatic N) is 1. The van der Waals surface area contributed by atoms with E-state index in [2.05, 4.69) is 4.98 Å². The van der Waals surface area contributed by atoms with E-state index in [0.29, 0.717) is 35.2 Å². The first kappa shape index (κ1) is 26.0. The average Bonchev–Trinajstić information content (AvgIpc) is 2.90. The minimum atomic E-state index is -0.959. The second-order valence-corrected chi connectivity index (χ2v) is 9.13. The van der Waals surface area contributed by atoms with Crippen molar-refractivity contribution in [3.63, 3.8) is 0 Å². The summed E-state index contributed by atoms with van der Waals surface area (Å²) in [5.41, 5.74) is 2.93. The van der Waals surface area contributed by atoms with Crippen LogP contribution in [0.2, 0.25) is 0 Å². The van der Waals surface area contributed by atoms with E-state index in [9.17, 15) is 14.7 Å². The summed E-state index contributed by atoms with van der Waals surface area (Å²) in [7, 11) is 1.62. The Morgan fingerprint density at radius 3 is 2.38 bits per heavy atom. The Balaban J connectivity index is 1.55. The van der Waals surface area contributed by atoms with Gasteiger partial charge in [0.2, 0.25) is 11.5 Å². The number of aliphatic hydroxyl groups is 1. The summed E-state index contributed by atoms with van der Waals surface area (Å²) < 4.78 is 11.2. The van der Waals surface area contributed by atoms with Crippen LogP contribution in [0.15, 0.2) is 83.7 Å². The molecule has 1 heterocycles. The number of carbonyl (C=O) groups excluding carboxylic acids is 1. The zero-order chi connectivity index (χ0) is 26.4. The molecule has 7 nitrogen and oxygen atoms in total. The third-order valence-corrected chi connectivity index (χ3v) is 6.48. The van der Waals surface area contributed by atoms with Crippen LogP contribution in [0, 0.1) is 0 Å². The number of H-pyrrole nitrogens is 1. The standard InChI is InChI=1S/C30H32N2O5/c1-20(17-22-9-11-24(36-3)12-10-22)32(21(2)33)18-27(34)25-13-15-28(30-26(25)14-16-29(35)31-30)37-19-23-7-5-4-6-8-23/h4-16,20,27,34H,17-19H2,1-3H3,(H,31,35)/t20-,27-/m0/s1. The number of nitrogens with one attached hydrogen (secondary N) is 1. The molecule has 2 atom stereocenters. The quantitative estimate of drug-likeness (QED) is 0.331. The molecule has 0 unspecified atom stereocenters. The lowest BCUT2D eigenvalue weighted by Crippen LogP contribution is -2.41. The molecule has 2 N–H and O–H groups in total. The third kappa shape index (κ3) is 6.37. The second kappa shape index (κ2) is 11.8. The second-order valence-electron chi connectivity index (χ2n) is 9.13. The molecular formula is C30H32N2O5. The fraction of sp³-hybridized carbons (Fsp3) is 0.267. The van der Waals surface area contributed by atoms with Gasteiger partial charge in [-0.25, -0.2) is 0 Å². The van der Waals surface area contributed by atoms with E-state index in [1.807, 2.05) is 61.5 Å². The zero-order valence-corrected chi connectivity index (χ0v) is 21.3. The molecule has 0 spiro atoms. The Bertz CT molecular complexity index is 1400. The molecule has 3 aromatic carbocycles. The van der Waals surface area contributed by atoms with Gasteiger partial charge in [0.1, 0.15) is 18.1 Å². The maximum absolute atomic E-state index is 12.6. The molecule has 0 fully saturated rings. The van der Waals surface area contributed by atoms with Crippen LogP contribution in [-0.4, -0.2) is 40.6 Å². The van der Waals surface area contributed by atoms with Crippen molar-refractivity contribution in [2.45, 2.75) is 39.0 Å². The highest BCUT2D eigenvalue weighted by molar-refractivity contribution is 5.88. The lowest BCUT2D eigenvalue weighted by Gasteiger charge is -2.31. The van der Waals surface area contributed by atoms with Crippen molar-refractivity contribution in [1.29, 1.82) is 0 Å². The highest BCUT2D eigenvalue weighted by atomic mass is 16.5. The molecule has 0 bridgehead atoms. The van der Waals surface area contributed by atoms with Gasteiger partial charge in [-0.15, -0.1) is 0 Å². The summed E-state index contributed by atoms with van der Waals surface area (Å²) in [5, 5.41) is 11.9. The largest absolute Gasteiger partial charge is 0.497 e. The summed E-state index contributed by atoms with van der Waals surface area (Å²) in [4.78, 5) is 29.2. The number of hydrogen-bond acceptors (Lipinski definition) is 5. The van der Waals surface area contributed by atoms with Crippen LogP contribution in [0.3, 0.4) is 0 Å². The number of rotatable bonds is 10. The third-order valence-electron chi connectivity index (χ3n) is 6.48. The topological polar surface area (TPSA) is 91.9 Å². The summed E-state index contributed by atoms with van der Waals surface area (Å²) in [5.74, 6) is 1.17. The SMILES string of the molecule is COc1ccc(C[C@H](C)N(C[C@H](O)c2ccc(OCc3ccccc3)c3[nH]c(=O)ccc23)C(C)=O)cc1. The molecule has 1 aromatic heterocycles.